The van der Waals surface area contributed by atoms with Crippen LogP contribution in [-0.2, 0) is 16.2 Å². The van der Waals surface area contributed by atoms with Gasteiger partial charge >= 0.3 is 0 Å². The quantitative estimate of drug-likeness (QED) is 0.919. The molecule has 0 aliphatic carbocycles. The van der Waals surface area contributed by atoms with E-state index in [-0.39, 0.29) is 12.7 Å². The molecule has 0 radical (unpaired) electrons. The van der Waals surface area contributed by atoms with Gasteiger partial charge in [0.05, 0.1) is 11.4 Å². The SMILES string of the molecule is CCn1cc(C2=NO[C@@H](C(=O)Nc3ccc4c(c3)OCO4)C2)c(C)n1. The summed E-state index contributed by atoms with van der Waals surface area (Å²) in [4.78, 5) is 17.8. The molecular formula is C17H18N4O4. The molecule has 130 valence electrons. The van der Waals surface area contributed by atoms with Gasteiger partial charge in [0, 0.05) is 36.5 Å². The second kappa shape index (κ2) is 6.12. The van der Waals surface area contributed by atoms with E-state index in [1.165, 1.54) is 0 Å². The van der Waals surface area contributed by atoms with Crippen LogP contribution in [0, 0.1) is 6.92 Å². The van der Waals surface area contributed by atoms with Crippen molar-refractivity contribution < 1.29 is 19.1 Å². The summed E-state index contributed by atoms with van der Waals surface area (Å²) in [6.07, 6.45) is 1.67. The highest BCUT2D eigenvalue weighted by atomic mass is 16.7. The predicted molar refractivity (Wildman–Crippen MR) is 89.9 cm³/mol. The maximum atomic E-state index is 12.4. The smallest absolute Gasteiger partial charge is 0.268 e. The number of nitrogens with one attached hydrogen (secondary N) is 1. The first-order valence-corrected chi connectivity index (χ1v) is 8.11. The minimum absolute atomic E-state index is 0.195. The largest absolute Gasteiger partial charge is 0.454 e. The van der Waals surface area contributed by atoms with Crippen LogP contribution >= 0.6 is 0 Å². The van der Waals surface area contributed by atoms with Crippen LogP contribution in [0.2, 0.25) is 0 Å². The zero-order valence-electron chi connectivity index (χ0n) is 14.0. The Morgan fingerprint density at radius 1 is 1.36 bits per heavy atom. The van der Waals surface area contributed by atoms with Crippen LogP contribution in [0.3, 0.4) is 0 Å². The number of ether oxygens (including phenoxy) is 2. The zero-order chi connectivity index (χ0) is 17.4. The molecule has 0 unspecified atom stereocenters. The number of hydrogen-bond acceptors (Lipinski definition) is 6. The lowest BCUT2D eigenvalue weighted by molar-refractivity contribution is -0.125. The number of aryl methyl sites for hydroxylation is 2. The molecule has 1 amide bonds. The van der Waals surface area contributed by atoms with E-state index in [1.807, 2.05) is 24.7 Å². The lowest BCUT2D eigenvalue weighted by atomic mass is 10.1. The number of hydrogen-bond donors (Lipinski definition) is 1. The molecule has 25 heavy (non-hydrogen) atoms. The van der Waals surface area contributed by atoms with Gasteiger partial charge in [-0.05, 0) is 26.0 Å². The number of nitrogens with zero attached hydrogens (tertiary/aromatic N) is 3. The standard InChI is InChI=1S/C17H18N4O4/c1-3-21-8-12(10(2)19-21)13-7-16(25-20-13)17(22)18-11-4-5-14-15(6-11)24-9-23-14/h4-6,8,16H,3,7,9H2,1-2H3,(H,18,22)/t16-/m1/s1. The number of fused-ring (bicyclic) bond motifs is 1. The average molecular weight is 342 g/mol. The van der Waals surface area contributed by atoms with Crippen LogP contribution in [0.25, 0.3) is 0 Å². The molecule has 8 nitrogen and oxygen atoms in total. The van der Waals surface area contributed by atoms with Crippen LogP contribution in [0.5, 0.6) is 11.5 Å². The summed E-state index contributed by atoms with van der Waals surface area (Å²) in [6, 6.07) is 5.25. The van der Waals surface area contributed by atoms with Crippen LogP contribution in [0.1, 0.15) is 24.6 Å². The molecule has 2 aliphatic heterocycles. The first-order chi connectivity index (χ1) is 12.1. The molecule has 8 heteroatoms. The van der Waals surface area contributed by atoms with Crippen molar-refractivity contribution >= 4 is 17.3 Å². The maximum absolute atomic E-state index is 12.4. The highest BCUT2D eigenvalue weighted by Crippen LogP contribution is 2.34. The number of rotatable bonds is 4. The van der Waals surface area contributed by atoms with E-state index >= 15 is 0 Å². The van der Waals surface area contributed by atoms with E-state index in [9.17, 15) is 4.79 Å². The predicted octanol–water partition coefficient (Wildman–Crippen LogP) is 2.07. The third kappa shape index (κ3) is 2.90. The summed E-state index contributed by atoms with van der Waals surface area (Å²) in [5, 5.41) is 11.3. The fourth-order valence-corrected chi connectivity index (χ4v) is 2.84. The van der Waals surface area contributed by atoms with Gasteiger partial charge in [-0.25, -0.2) is 0 Å². The average Bonchev–Trinajstić information content (AvgIpc) is 3.32. The Kier molecular flexibility index (Phi) is 3.79. The summed E-state index contributed by atoms with van der Waals surface area (Å²) >= 11 is 0. The van der Waals surface area contributed by atoms with E-state index in [0.717, 1.165) is 23.5 Å². The number of carbonyl (C=O) groups excluding carboxylic acids is 1. The van der Waals surface area contributed by atoms with Crippen LogP contribution in [-0.4, -0.2) is 34.3 Å². The first-order valence-electron chi connectivity index (χ1n) is 8.11. The molecule has 0 saturated heterocycles. The van der Waals surface area contributed by atoms with E-state index in [1.54, 1.807) is 18.2 Å². The van der Waals surface area contributed by atoms with E-state index < -0.39 is 6.10 Å². The van der Waals surface area contributed by atoms with Crippen molar-refractivity contribution in [2.45, 2.75) is 32.9 Å². The van der Waals surface area contributed by atoms with Gasteiger partial charge in [-0.1, -0.05) is 5.16 Å². The fraction of sp³-hybridized carbons (Fsp3) is 0.353. The van der Waals surface area contributed by atoms with Gasteiger partial charge in [0.25, 0.3) is 5.91 Å². The molecule has 1 N–H and O–H groups in total. The van der Waals surface area contributed by atoms with Gasteiger partial charge in [0.15, 0.2) is 11.5 Å². The molecule has 2 aromatic rings. The van der Waals surface area contributed by atoms with Gasteiger partial charge in [0.2, 0.25) is 12.9 Å². The van der Waals surface area contributed by atoms with Crippen LogP contribution < -0.4 is 14.8 Å². The molecule has 4 rings (SSSR count). The third-order valence-corrected chi connectivity index (χ3v) is 4.18. The number of carbonyl (C=O) groups is 1. The Labute approximate surface area is 144 Å². The minimum atomic E-state index is -0.662. The second-order valence-electron chi connectivity index (χ2n) is 5.88. The molecule has 0 saturated carbocycles. The van der Waals surface area contributed by atoms with Gasteiger partial charge in [-0.3, -0.25) is 9.48 Å². The summed E-state index contributed by atoms with van der Waals surface area (Å²) in [7, 11) is 0. The zero-order valence-corrected chi connectivity index (χ0v) is 14.0. The maximum Gasteiger partial charge on any atom is 0.268 e. The molecule has 0 fully saturated rings. The van der Waals surface area contributed by atoms with Gasteiger partial charge < -0.3 is 19.6 Å². The van der Waals surface area contributed by atoms with Crippen LogP contribution in [0.15, 0.2) is 29.6 Å². The number of benzene rings is 1. The fourth-order valence-electron chi connectivity index (χ4n) is 2.84. The number of oxime groups is 1. The molecule has 0 bridgehead atoms. The third-order valence-electron chi connectivity index (χ3n) is 4.18. The Bertz CT molecular complexity index is 858. The van der Waals surface area contributed by atoms with Crippen molar-refractivity contribution in [2.75, 3.05) is 12.1 Å². The number of aromatic nitrogens is 2. The van der Waals surface area contributed by atoms with Crippen LogP contribution in [0.4, 0.5) is 5.69 Å². The Hall–Kier alpha value is -3.03. The lowest BCUT2D eigenvalue weighted by Gasteiger charge is -2.09. The van der Waals surface area contributed by atoms with Gasteiger partial charge in [-0.15, -0.1) is 0 Å². The topological polar surface area (TPSA) is 87.0 Å². The van der Waals surface area contributed by atoms with Crippen molar-refractivity contribution in [1.29, 1.82) is 0 Å². The highest BCUT2D eigenvalue weighted by Gasteiger charge is 2.30. The number of amides is 1. The summed E-state index contributed by atoms with van der Waals surface area (Å²) in [5.74, 6) is 1.03. The molecule has 0 spiro atoms. The second-order valence-corrected chi connectivity index (χ2v) is 5.88. The van der Waals surface area contributed by atoms with Crippen molar-refractivity contribution in [3.63, 3.8) is 0 Å². The molecular weight excluding hydrogens is 324 g/mol. The Balaban J connectivity index is 1.42. The first kappa shape index (κ1) is 15.5. The number of anilines is 1. The van der Waals surface area contributed by atoms with Crippen molar-refractivity contribution in [3.8, 4) is 11.5 Å². The molecule has 1 aromatic carbocycles. The van der Waals surface area contributed by atoms with Crippen molar-refractivity contribution in [2.24, 2.45) is 5.16 Å². The molecule has 1 atom stereocenters. The van der Waals surface area contributed by atoms with Gasteiger partial charge in [-0.2, -0.15) is 5.10 Å². The van der Waals surface area contributed by atoms with E-state index in [4.69, 9.17) is 14.3 Å². The summed E-state index contributed by atoms with van der Waals surface area (Å²) in [6.45, 7) is 4.91. The van der Waals surface area contributed by atoms with Gasteiger partial charge in [0.1, 0.15) is 0 Å². The summed E-state index contributed by atoms with van der Waals surface area (Å²) in [5.41, 5.74) is 3.16. The van der Waals surface area contributed by atoms with E-state index in [0.29, 0.717) is 23.6 Å². The normalized spacial score (nSPS) is 18.0. The minimum Gasteiger partial charge on any atom is -0.454 e. The van der Waals surface area contributed by atoms with Crippen molar-refractivity contribution in [1.82, 2.24) is 9.78 Å². The summed E-state index contributed by atoms with van der Waals surface area (Å²) < 4.78 is 12.4. The van der Waals surface area contributed by atoms with Crippen molar-refractivity contribution in [3.05, 3.63) is 35.7 Å². The molecule has 2 aliphatic rings. The lowest BCUT2D eigenvalue weighted by Crippen LogP contribution is -2.28. The highest BCUT2D eigenvalue weighted by molar-refractivity contribution is 6.06. The molecule has 1 aromatic heterocycles. The van der Waals surface area contributed by atoms with E-state index in [2.05, 4.69) is 15.6 Å². The Morgan fingerprint density at radius 3 is 3.00 bits per heavy atom. The monoisotopic (exact) mass is 342 g/mol. The Morgan fingerprint density at radius 2 is 2.20 bits per heavy atom. The molecule has 3 heterocycles.